The van der Waals surface area contributed by atoms with Crippen molar-refractivity contribution in [2.24, 2.45) is 0 Å². The highest BCUT2D eigenvalue weighted by molar-refractivity contribution is 7.92. The zero-order valence-electron chi connectivity index (χ0n) is 18.3. The number of rotatable bonds is 7. The first-order chi connectivity index (χ1) is 14.7. The summed E-state index contributed by atoms with van der Waals surface area (Å²) in [6.07, 6.45) is 0. The van der Waals surface area contributed by atoms with Gasteiger partial charge in [-0.25, -0.2) is 8.42 Å². The number of hydrogen-bond acceptors (Lipinski definition) is 3. The largest absolute Gasteiger partial charge is 0.346 e. The van der Waals surface area contributed by atoms with E-state index in [1.54, 1.807) is 61.5 Å². The highest BCUT2D eigenvalue weighted by Crippen LogP contribution is 2.24. The van der Waals surface area contributed by atoms with E-state index in [-0.39, 0.29) is 23.4 Å². The van der Waals surface area contributed by atoms with Gasteiger partial charge in [-0.05, 0) is 75.2 Å². The maximum atomic E-state index is 13.0. The molecule has 0 spiro atoms. The summed E-state index contributed by atoms with van der Waals surface area (Å²) in [6, 6.07) is 21.0. The third-order valence-corrected chi connectivity index (χ3v) is 7.19. The topological polar surface area (TPSA) is 66.5 Å². The second-order valence-corrected chi connectivity index (χ2v) is 9.45. The number of sulfonamides is 1. The molecule has 6 heteroatoms. The Morgan fingerprint density at radius 1 is 0.968 bits per heavy atom. The molecule has 0 unspecified atom stereocenters. The molecule has 0 saturated carbocycles. The third-order valence-electron chi connectivity index (χ3n) is 5.28. The molecule has 3 aromatic carbocycles. The van der Waals surface area contributed by atoms with Crippen molar-refractivity contribution >= 4 is 21.6 Å². The molecule has 0 heterocycles. The van der Waals surface area contributed by atoms with Crippen LogP contribution in [0.3, 0.4) is 0 Å². The molecular weight excluding hydrogens is 408 g/mol. The highest BCUT2D eigenvalue weighted by atomic mass is 32.2. The zero-order chi connectivity index (χ0) is 22.6. The summed E-state index contributed by atoms with van der Waals surface area (Å²) in [5.74, 6) is -0.201. The molecular formula is C25H28N2O3S. The average molecular weight is 437 g/mol. The molecule has 0 aliphatic heterocycles. The van der Waals surface area contributed by atoms with Crippen LogP contribution in [-0.4, -0.2) is 20.9 Å². The molecule has 31 heavy (non-hydrogen) atoms. The van der Waals surface area contributed by atoms with E-state index in [4.69, 9.17) is 0 Å². The predicted octanol–water partition coefficient (Wildman–Crippen LogP) is 5.01. The monoisotopic (exact) mass is 436 g/mol. The number of aryl methyl sites for hydroxylation is 2. The van der Waals surface area contributed by atoms with Crippen LogP contribution in [0.15, 0.2) is 77.7 Å². The van der Waals surface area contributed by atoms with Crippen LogP contribution < -0.4 is 9.62 Å². The van der Waals surface area contributed by atoms with Crippen molar-refractivity contribution in [1.29, 1.82) is 0 Å². The van der Waals surface area contributed by atoms with Gasteiger partial charge in [0.25, 0.3) is 15.9 Å². The van der Waals surface area contributed by atoms with Gasteiger partial charge in [0.05, 0.1) is 16.6 Å². The number of nitrogens with one attached hydrogen (secondary N) is 1. The normalized spacial score (nSPS) is 12.3. The van der Waals surface area contributed by atoms with Crippen LogP contribution in [0.2, 0.25) is 0 Å². The minimum atomic E-state index is -3.67. The lowest BCUT2D eigenvalue weighted by Gasteiger charge is -2.23. The molecule has 0 fully saturated rings. The molecule has 0 bridgehead atoms. The van der Waals surface area contributed by atoms with Gasteiger partial charge in [-0.1, -0.05) is 42.0 Å². The van der Waals surface area contributed by atoms with Crippen LogP contribution in [0.4, 0.5) is 5.69 Å². The van der Waals surface area contributed by atoms with E-state index >= 15 is 0 Å². The van der Waals surface area contributed by atoms with Crippen LogP contribution in [0.1, 0.15) is 46.9 Å². The molecule has 5 nitrogen and oxygen atoms in total. The molecule has 0 aromatic heterocycles. The van der Waals surface area contributed by atoms with Gasteiger partial charge in [0.1, 0.15) is 0 Å². The van der Waals surface area contributed by atoms with E-state index < -0.39 is 10.0 Å². The van der Waals surface area contributed by atoms with Gasteiger partial charge < -0.3 is 5.32 Å². The minimum absolute atomic E-state index is 0.140. The first-order valence-corrected chi connectivity index (χ1v) is 11.7. The zero-order valence-corrected chi connectivity index (χ0v) is 19.1. The number of amides is 1. The first-order valence-electron chi connectivity index (χ1n) is 10.3. The smallest absolute Gasteiger partial charge is 0.264 e. The lowest BCUT2D eigenvalue weighted by molar-refractivity contribution is 0.0940. The number of nitrogens with zero attached hydrogens (tertiary/aromatic N) is 1. The Hall–Kier alpha value is -3.12. The summed E-state index contributed by atoms with van der Waals surface area (Å²) in [6.45, 7) is 8.10. The summed E-state index contributed by atoms with van der Waals surface area (Å²) in [7, 11) is -3.67. The van der Waals surface area contributed by atoms with Crippen LogP contribution in [-0.2, 0) is 10.0 Å². The lowest BCUT2D eigenvalue weighted by Crippen LogP contribution is -2.31. The molecule has 0 radical (unpaired) electrons. The van der Waals surface area contributed by atoms with Gasteiger partial charge in [-0.2, -0.15) is 0 Å². The van der Waals surface area contributed by atoms with Crippen molar-refractivity contribution in [3.05, 3.63) is 95.1 Å². The summed E-state index contributed by atoms with van der Waals surface area (Å²) >= 11 is 0. The maximum Gasteiger partial charge on any atom is 0.264 e. The van der Waals surface area contributed by atoms with Crippen LogP contribution in [0.5, 0.6) is 0 Å². The lowest BCUT2D eigenvalue weighted by atomic mass is 10.00. The molecule has 0 aliphatic carbocycles. The van der Waals surface area contributed by atoms with Crippen molar-refractivity contribution in [2.45, 2.75) is 38.6 Å². The Kier molecular flexibility index (Phi) is 6.81. The average Bonchev–Trinajstić information content (AvgIpc) is 2.75. The number of benzene rings is 3. The Morgan fingerprint density at radius 2 is 1.61 bits per heavy atom. The quantitative estimate of drug-likeness (QED) is 0.566. The fourth-order valence-corrected chi connectivity index (χ4v) is 5.15. The van der Waals surface area contributed by atoms with Crippen molar-refractivity contribution in [3.8, 4) is 0 Å². The van der Waals surface area contributed by atoms with Gasteiger partial charge >= 0.3 is 0 Å². The minimum Gasteiger partial charge on any atom is -0.346 e. The van der Waals surface area contributed by atoms with Crippen LogP contribution in [0, 0.1) is 13.8 Å². The van der Waals surface area contributed by atoms with Crippen LogP contribution in [0.25, 0.3) is 0 Å². The van der Waals surface area contributed by atoms with E-state index in [2.05, 4.69) is 11.4 Å². The molecule has 1 amide bonds. The Labute approximate surface area is 184 Å². The summed E-state index contributed by atoms with van der Waals surface area (Å²) in [5.41, 5.74) is 4.38. The maximum absolute atomic E-state index is 13.0. The summed E-state index contributed by atoms with van der Waals surface area (Å²) < 4.78 is 27.3. The number of hydrogen-bond donors (Lipinski definition) is 1. The van der Waals surface area contributed by atoms with E-state index in [9.17, 15) is 13.2 Å². The summed E-state index contributed by atoms with van der Waals surface area (Å²) in [5, 5.41) is 3.02. The van der Waals surface area contributed by atoms with Gasteiger partial charge in [0.15, 0.2) is 0 Å². The van der Waals surface area contributed by atoms with Gasteiger partial charge in [0.2, 0.25) is 0 Å². The standard InChI is InChI=1S/C25H28N2O3S/c1-5-27(31(29,30)23-9-7-6-8-10-23)22-14-12-21(13-15-22)25(28)26-20(4)24-16-11-18(2)17-19(24)3/h6-17,20H,5H2,1-4H3,(H,26,28)/t20-/m0/s1. The fourth-order valence-electron chi connectivity index (χ4n) is 3.66. The molecule has 162 valence electrons. The summed E-state index contributed by atoms with van der Waals surface area (Å²) in [4.78, 5) is 13.0. The molecule has 0 saturated heterocycles. The number of carbonyl (C=O) groups is 1. The number of anilines is 1. The first kappa shape index (κ1) is 22.6. The van der Waals surface area contributed by atoms with Gasteiger partial charge in [-0.3, -0.25) is 9.10 Å². The predicted molar refractivity (Wildman–Crippen MR) is 125 cm³/mol. The molecule has 3 rings (SSSR count). The van der Waals surface area contributed by atoms with Crippen LogP contribution >= 0.6 is 0 Å². The molecule has 1 N–H and O–H groups in total. The third kappa shape index (κ3) is 4.97. The van der Waals surface area contributed by atoms with E-state index in [1.807, 2.05) is 32.9 Å². The van der Waals surface area contributed by atoms with E-state index in [0.717, 1.165) is 11.1 Å². The van der Waals surface area contributed by atoms with Crippen molar-refractivity contribution in [3.63, 3.8) is 0 Å². The number of carbonyl (C=O) groups excluding carboxylic acids is 1. The Balaban J connectivity index is 1.77. The highest BCUT2D eigenvalue weighted by Gasteiger charge is 2.23. The second kappa shape index (κ2) is 9.35. The van der Waals surface area contributed by atoms with Gasteiger partial charge in [-0.15, -0.1) is 0 Å². The molecule has 1 atom stereocenters. The SMILES string of the molecule is CCN(c1ccc(C(=O)N[C@@H](C)c2ccc(C)cc2C)cc1)S(=O)(=O)c1ccccc1. The van der Waals surface area contributed by atoms with E-state index in [0.29, 0.717) is 11.3 Å². The van der Waals surface area contributed by atoms with Gasteiger partial charge in [0, 0.05) is 12.1 Å². The Bertz CT molecular complexity index is 1160. The van der Waals surface area contributed by atoms with E-state index in [1.165, 1.54) is 9.87 Å². The van der Waals surface area contributed by atoms with Crippen molar-refractivity contribution in [2.75, 3.05) is 10.8 Å². The molecule has 0 aliphatic rings. The Morgan fingerprint density at radius 3 is 2.19 bits per heavy atom. The fraction of sp³-hybridized carbons (Fsp3) is 0.240. The van der Waals surface area contributed by atoms with Crippen molar-refractivity contribution in [1.82, 2.24) is 5.32 Å². The second-order valence-electron chi connectivity index (χ2n) is 7.58. The van der Waals surface area contributed by atoms with Crippen molar-refractivity contribution < 1.29 is 13.2 Å². The molecule has 3 aromatic rings.